The number of carbonyl (C=O) groups is 1. The lowest BCUT2D eigenvalue weighted by Crippen LogP contribution is -2.14. The predicted octanol–water partition coefficient (Wildman–Crippen LogP) is 3.21. The molecule has 5 heteroatoms. The zero-order valence-corrected chi connectivity index (χ0v) is 11.9. The van der Waals surface area contributed by atoms with Crippen LogP contribution in [-0.2, 0) is 11.3 Å². The molecule has 0 atom stereocenters. The van der Waals surface area contributed by atoms with Gasteiger partial charge in [0.2, 0.25) is 0 Å². The fourth-order valence-corrected chi connectivity index (χ4v) is 2.43. The maximum absolute atomic E-state index is 12.2. The molecule has 0 fully saturated rings. The average Bonchev–Trinajstić information content (AvgIpc) is 2.92. The highest BCUT2D eigenvalue weighted by molar-refractivity contribution is 5.95. The third kappa shape index (κ3) is 2.83. The van der Waals surface area contributed by atoms with Crippen molar-refractivity contribution < 1.29 is 13.9 Å². The second-order valence-electron chi connectivity index (χ2n) is 4.85. The van der Waals surface area contributed by atoms with Crippen LogP contribution in [0, 0.1) is 0 Å². The van der Waals surface area contributed by atoms with Crippen molar-refractivity contribution in [2.45, 2.75) is 6.54 Å². The molecular weight excluding hydrogens is 283 g/mol. The summed E-state index contributed by atoms with van der Waals surface area (Å²) in [5.74, 6) is -0.511. The topological polar surface area (TPSA) is 44.1 Å². The number of ether oxygens (including phenoxy) is 1. The molecule has 0 N–H and O–H groups in total. The van der Waals surface area contributed by atoms with E-state index in [1.54, 1.807) is 18.5 Å². The molecular formula is C17H15FN2O2. The second kappa shape index (κ2) is 6.39. The van der Waals surface area contributed by atoms with Crippen LogP contribution in [0.15, 0.2) is 54.9 Å². The first-order valence-corrected chi connectivity index (χ1v) is 7.00. The number of hydrogen-bond donors (Lipinski definition) is 0. The first kappa shape index (κ1) is 14.3. The molecule has 0 saturated heterocycles. The van der Waals surface area contributed by atoms with Crippen molar-refractivity contribution in [3.63, 3.8) is 0 Å². The molecule has 0 amide bonds. The minimum Gasteiger partial charge on any atom is -0.458 e. The molecule has 0 bridgehead atoms. The van der Waals surface area contributed by atoms with Crippen molar-refractivity contribution in [1.82, 2.24) is 9.55 Å². The predicted molar refractivity (Wildman–Crippen MR) is 81.5 cm³/mol. The van der Waals surface area contributed by atoms with Gasteiger partial charge in [0.25, 0.3) is 0 Å². The number of para-hydroxylation sites is 1. The first-order valence-electron chi connectivity index (χ1n) is 7.00. The van der Waals surface area contributed by atoms with E-state index < -0.39 is 12.6 Å². The molecule has 0 unspecified atom stereocenters. The van der Waals surface area contributed by atoms with Crippen LogP contribution in [0.4, 0.5) is 4.39 Å². The van der Waals surface area contributed by atoms with Crippen LogP contribution >= 0.6 is 0 Å². The fourth-order valence-electron chi connectivity index (χ4n) is 2.43. The van der Waals surface area contributed by atoms with Crippen molar-refractivity contribution in [3.8, 4) is 0 Å². The van der Waals surface area contributed by atoms with E-state index >= 15 is 0 Å². The summed E-state index contributed by atoms with van der Waals surface area (Å²) in [6, 6.07) is 13.3. The minimum atomic E-state index is -0.684. The summed E-state index contributed by atoms with van der Waals surface area (Å²) in [7, 11) is 0. The van der Waals surface area contributed by atoms with Crippen LogP contribution in [-0.4, -0.2) is 28.8 Å². The Kier molecular flexibility index (Phi) is 4.14. The van der Waals surface area contributed by atoms with Gasteiger partial charge in [-0.1, -0.05) is 18.2 Å². The summed E-state index contributed by atoms with van der Waals surface area (Å²) < 4.78 is 19.0. The third-order valence-electron chi connectivity index (χ3n) is 3.42. The summed E-state index contributed by atoms with van der Waals surface area (Å²) in [6.07, 6.45) is 3.42. The lowest BCUT2D eigenvalue weighted by Gasteiger charge is -2.10. The molecule has 2 heterocycles. The van der Waals surface area contributed by atoms with Gasteiger partial charge in [-0.2, -0.15) is 0 Å². The molecule has 0 aliphatic rings. The van der Waals surface area contributed by atoms with E-state index in [1.807, 2.05) is 41.0 Å². The highest BCUT2D eigenvalue weighted by atomic mass is 19.1. The normalized spacial score (nSPS) is 10.8. The molecule has 3 aromatic rings. The van der Waals surface area contributed by atoms with E-state index in [4.69, 9.17) is 4.74 Å². The van der Waals surface area contributed by atoms with E-state index in [2.05, 4.69) is 4.98 Å². The molecule has 112 valence electrons. The van der Waals surface area contributed by atoms with Crippen molar-refractivity contribution in [3.05, 3.63) is 66.1 Å². The zero-order chi connectivity index (χ0) is 15.4. The Morgan fingerprint density at radius 3 is 2.73 bits per heavy atom. The van der Waals surface area contributed by atoms with Gasteiger partial charge in [0.15, 0.2) is 0 Å². The molecule has 0 radical (unpaired) electrons. The third-order valence-corrected chi connectivity index (χ3v) is 3.42. The summed E-state index contributed by atoms with van der Waals surface area (Å²) in [5.41, 5.74) is 2.38. The van der Waals surface area contributed by atoms with Crippen LogP contribution in [0.25, 0.3) is 10.9 Å². The molecule has 1 aromatic carbocycles. The highest BCUT2D eigenvalue weighted by Gasteiger charge is 2.16. The SMILES string of the molecule is O=C(OCCF)c1cc2ccccc2n1Cc1ccncc1. The van der Waals surface area contributed by atoms with Crippen LogP contribution in [0.5, 0.6) is 0 Å². The number of hydrogen-bond acceptors (Lipinski definition) is 3. The highest BCUT2D eigenvalue weighted by Crippen LogP contribution is 2.22. The molecule has 4 nitrogen and oxygen atoms in total. The summed E-state index contributed by atoms with van der Waals surface area (Å²) in [5, 5.41) is 0.948. The number of aromatic nitrogens is 2. The Hall–Kier alpha value is -2.69. The number of alkyl halides is 1. The van der Waals surface area contributed by atoms with E-state index in [-0.39, 0.29) is 6.61 Å². The van der Waals surface area contributed by atoms with Crippen LogP contribution in [0.2, 0.25) is 0 Å². The van der Waals surface area contributed by atoms with Crippen molar-refractivity contribution in [1.29, 1.82) is 0 Å². The van der Waals surface area contributed by atoms with Gasteiger partial charge in [-0.05, 0) is 29.8 Å². The van der Waals surface area contributed by atoms with Crippen LogP contribution in [0.1, 0.15) is 16.1 Å². The lowest BCUT2D eigenvalue weighted by atomic mass is 10.2. The maximum atomic E-state index is 12.2. The second-order valence-corrected chi connectivity index (χ2v) is 4.85. The Morgan fingerprint density at radius 2 is 1.95 bits per heavy atom. The summed E-state index contributed by atoms with van der Waals surface area (Å²) in [6.45, 7) is -0.387. The molecule has 0 spiro atoms. The van der Waals surface area contributed by atoms with Crippen LogP contribution < -0.4 is 0 Å². The fraction of sp³-hybridized carbons (Fsp3) is 0.176. The smallest absolute Gasteiger partial charge is 0.355 e. The molecule has 22 heavy (non-hydrogen) atoms. The van der Waals surface area contributed by atoms with E-state index in [0.717, 1.165) is 16.5 Å². The zero-order valence-electron chi connectivity index (χ0n) is 11.9. The molecule has 2 aromatic heterocycles. The minimum absolute atomic E-state index is 0.227. The van der Waals surface area contributed by atoms with E-state index in [1.165, 1.54) is 0 Å². The number of nitrogens with zero attached hydrogens (tertiary/aromatic N) is 2. The average molecular weight is 298 g/mol. The number of halogens is 1. The van der Waals surface area contributed by atoms with Crippen molar-refractivity contribution in [2.24, 2.45) is 0 Å². The molecule has 3 rings (SSSR count). The van der Waals surface area contributed by atoms with Gasteiger partial charge in [0, 0.05) is 29.8 Å². The number of pyridine rings is 1. The number of fused-ring (bicyclic) bond motifs is 1. The van der Waals surface area contributed by atoms with Crippen LogP contribution in [0.3, 0.4) is 0 Å². The summed E-state index contributed by atoms with van der Waals surface area (Å²) in [4.78, 5) is 16.2. The quantitative estimate of drug-likeness (QED) is 0.679. The van der Waals surface area contributed by atoms with Gasteiger partial charge in [-0.25, -0.2) is 9.18 Å². The number of benzene rings is 1. The monoisotopic (exact) mass is 298 g/mol. The van der Waals surface area contributed by atoms with Gasteiger partial charge in [-0.3, -0.25) is 4.98 Å². The summed E-state index contributed by atoms with van der Waals surface area (Å²) >= 11 is 0. The maximum Gasteiger partial charge on any atom is 0.355 e. The Labute approximate surface area is 127 Å². The number of rotatable bonds is 5. The van der Waals surface area contributed by atoms with Gasteiger partial charge in [0.1, 0.15) is 19.0 Å². The van der Waals surface area contributed by atoms with E-state index in [0.29, 0.717) is 12.2 Å². The standard InChI is InChI=1S/C17H15FN2O2/c18-7-10-22-17(21)16-11-14-3-1-2-4-15(14)20(16)12-13-5-8-19-9-6-13/h1-6,8-9,11H,7,10,12H2. The van der Waals surface area contributed by atoms with Gasteiger partial charge in [-0.15, -0.1) is 0 Å². The Morgan fingerprint density at radius 1 is 1.18 bits per heavy atom. The van der Waals surface area contributed by atoms with Crippen molar-refractivity contribution in [2.75, 3.05) is 13.3 Å². The van der Waals surface area contributed by atoms with Gasteiger partial charge in [0.05, 0.1) is 0 Å². The van der Waals surface area contributed by atoms with Gasteiger partial charge >= 0.3 is 5.97 Å². The first-order chi connectivity index (χ1) is 10.8. The Balaban J connectivity index is 2.03. The molecule has 0 aliphatic heterocycles. The van der Waals surface area contributed by atoms with E-state index in [9.17, 15) is 9.18 Å². The largest absolute Gasteiger partial charge is 0.458 e. The lowest BCUT2D eigenvalue weighted by molar-refractivity contribution is 0.0470. The molecule has 0 saturated carbocycles. The Bertz CT molecular complexity index is 784. The molecule has 0 aliphatic carbocycles. The van der Waals surface area contributed by atoms with Crippen molar-refractivity contribution >= 4 is 16.9 Å². The number of carbonyl (C=O) groups excluding carboxylic acids is 1. The van der Waals surface area contributed by atoms with Gasteiger partial charge < -0.3 is 9.30 Å². The number of esters is 1.